The number of hydrogen-bond donors (Lipinski definition) is 0. The Bertz CT molecular complexity index is 1930. The first-order chi connectivity index (χ1) is 26.2. The Balaban J connectivity index is 0.000000178. The Hall–Kier alpha value is -5.28. The molecule has 0 saturated heterocycles. The largest absolute Gasteiger partial charge is 4.00 e. The van der Waals surface area contributed by atoms with E-state index in [9.17, 15) is 0 Å². The second-order valence-corrected chi connectivity index (χ2v) is 16.6. The fraction of sp³-hybridized carbons (Fsp3) is 0.0213. The molecule has 4 aromatic carbocycles. The van der Waals surface area contributed by atoms with Crippen LogP contribution in [0.1, 0.15) is 6.92 Å². The van der Waals surface area contributed by atoms with Gasteiger partial charge in [0, 0.05) is 0 Å². The Labute approximate surface area is 336 Å². The SMILES string of the molecule is C(=C[PH+](c1ccccc1)c1ccccc1)[PH+](c1ccccc1)c1ccccc1.C1=C[N-]C(=C2C=CC=C[N-]2)C=C1.CC1=CC(=C2C=CC=C[N-]2)[N-]C=C1.[Os+4]. The molecule has 4 aliphatic rings. The van der Waals surface area contributed by atoms with Crippen molar-refractivity contribution in [1.29, 1.82) is 0 Å². The molecule has 0 aliphatic carbocycles. The average molecular weight is 915 g/mol. The molecule has 0 N–H and O–H groups in total. The zero-order valence-corrected chi connectivity index (χ0v) is 34.5. The van der Waals surface area contributed by atoms with Gasteiger partial charge in [0.15, 0.2) is 0 Å². The number of benzene rings is 4. The van der Waals surface area contributed by atoms with E-state index in [1.54, 1.807) is 24.8 Å². The molecule has 0 atom stereocenters. The summed E-state index contributed by atoms with van der Waals surface area (Å²) in [5.41, 5.74) is 4.89. The van der Waals surface area contributed by atoms with Crippen molar-refractivity contribution in [3.8, 4) is 0 Å². The molecule has 54 heavy (non-hydrogen) atoms. The third kappa shape index (κ3) is 12.1. The Morgan fingerprint density at radius 3 is 0.981 bits per heavy atom. The van der Waals surface area contributed by atoms with Gasteiger partial charge in [-0.3, -0.25) is 0 Å². The minimum absolute atomic E-state index is 0. The monoisotopic (exact) mass is 916 g/mol. The number of allylic oxidation sites excluding steroid dienone is 12. The minimum Gasteiger partial charge on any atom is -0.665 e. The molecule has 0 fully saturated rings. The van der Waals surface area contributed by atoms with Gasteiger partial charge in [0.25, 0.3) is 0 Å². The van der Waals surface area contributed by atoms with Gasteiger partial charge in [0.2, 0.25) is 0 Å². The first-order valence-corrected chi connectivity index (χ1v) is 20.7. The van der Waals surface area contributed by atoms with Gasteiger partial charge < -0.3 is 21.3 Å². The quantitative estimate of drug-likeness (QED) is 0.173. The molecule has 0 saturated carbocycles. The van der Waals surface area contributed by atoms with Crippen molar-refractivity contribution in [2.45, 2.75) is 6.92 Å². The van der Waals surface area contributed by atoms with Crippen LogP contribution in [-0.2, 0) is 19.8 Å². The van der Waals surface area contributed by atoms with Crippen LogP contribution in [-0.4, -0.2) is 0 Å². The summed E-state index contributed by atoms with van der Waals surface area (Å²) in [6.07, 6.45) is 28.5. The average Bonchev–Trinajstić information content (AvgIpc) is 3.25. The first kappa shape index (κ1) is 39.9. The van der Waals surface area contributed by atoms with E-state index < -0.39 is 15.8 Å². The van der Waals surface area contributed by atoms with E-state index in [4.69, 9.17) is 0 Å². The summed E-state index contributed by atoms with van der Waals surface area (Å²) in [4.78, 5) is 0. The van der Waals surface area contributed by atoms with Crippen LogP contribution in [0.15, 0.2) is 253 Å². The first-order valence-electron chi connectivity index (χ1n) is 17.5. The molecule has 0 amide bonds. The smallest absolute Gasteiger partial charge is 0.665 e. The van der Waals surface area contributed by atoms with E-state index in [2.05, 4.69) is 154 Å². The maximum Gasteiger partial charge on any atom is 4.00 e. The molecule has 0 radical (unpaired) electrons. The maximum absolute atomic E-state index is 4.25. The van der Waals surface area contributed by atoms with Crippen LogP contribution in [0, 0.1) is 0 Å². The Morgan fingerprint density at radius 1 is 0.370 bits per heavy atom. The summed E-state index contributed by atoms with van der Waals surface area (Å²) in [6, 6.07) is 43.7. The zero-order valence-electron chi connectivity index (χ0n) is 30.0. The zero-order chi connectivity index (χ0) is 36.3. The second kappa shape index (κ2) is 22.1. The molecule has 8 rings (SSSR count). The Kier molecular flexibility index (Phi) is 16.3. The second-order valence-electron chi connectivity index (χ2n) is 12.0. The van der Waals surface area contributed by atoms with E-state index in [1.165, 1.54) is 26.8 Å². The normalized spacial score (nSPS) is 17.6. The van der Waals surface area contributed by atoms with Gasteiger partial charge in [-0.25, -0.2) is 0 Å². The van der Waals surface area contributed by atoms with E-state index in [0.29, 0.717) is 0 Å². The van der Waals surface area contributed by atoms with Crippen LogP contribution in [0.3, 0.4) is 0 Å². The van der Waals surface area contributed by atoms with Crippen molar-refractivity contribution in [3.05, 3.63) is 274 Å². The van der Waals surface area contributed by atoms with Crippen LogP contribution >= 0.6 is 15.8 Å². The summed E-state index contributed by atoms with van der Waals surface area (Å²) in [6.45, 7) is 2.05. The van der Waals surface area contributed by atoms with Crippen LogP contribution in [0.5, 0.6) is 0 Å². The predicted molar refractivity (Wildman–Crippen MR) is 235 cm³/mol. The maximum atomic E-state index is 4.25. The molecule has 0 aromatic heterocycles. The van der Waals surface area contributed by atoms with E-state index in [0.717, 1.165) is 22.8 Å². The van der Waals surface area contributed by atoms with Gasteiger partial charge in [-0.2, -0.15) is 47.6 Å². The van der Waals surface area contributed by atoms with Gasteiger partial charge >= 0.3 is 19.8 Å². The molecule has 4 nitrogen and oxygen atoms in total. The molecule has 4 aliphatic heterocycles. The topological polar surface area (TPSA) is 56.4 Å². The summed E-state index contributed by atoms with van der Waals surface area (Å²) in [5.74, 6) is 5.01. The molecular weight excluding hydrogens is 873 g/mol. The summed E-state index contributed by atoms with van der Waals surface area (Å²) in [5, 5.41) is 22.6. The van der Waals surface area contributed by atoms with Crippen LogP contribution in [0.4, 0.5) is 0 Å². The molecule has 0 unspecified atom stereocenters. The van der Waals surface area contributed by atoms with Crippen molar-refractivity contribution in [2.75, 3.05) is 0 Å². The van der Waals surface area contributed by atoms with E-state index in [1.807, 2.05) is 73.8 Å². The molecule has 266 valence electrons. The number of hydrogen-bond acceptors (Lipinski definition) is 0. The van der Waals surface area contributed by atoms with E-state index in [-0.39, 0.29) is 19.8 Å². The van der Waals surface area contributed by atoms with Crippen LogP contribution in [0.2, 0.25) is 0 Å². The summed E-state index contributed by atoms with van der Waals surface area (Å²) >= 11 is 0. The predicted octanol–water partition coefficient (Wildman–Crippen LogP) is 11.8. The van der Waals surface area contributed by atoms with Gasteiger partial charge in [-0.05, 0) is 55.5 Å². The molecule has 0 bridgehead atoms. The van der Waals surface area contributed by atoms with E-state index >= 15 is 0 Å². The van der Waals surface area contributed by atoms with Gasteiger partial charge in [-0.15, -0.1) is 0 Å². The third-order valence-electron chi connectivity index (χ3n) is 8.19. The fourth-order valence-electron chi connectivity index (χ4n) is 5.57. The third-order valence-corrected chi connectivity index (χ3v) is 13.3. The van der Waals surface area contributed by atoms with Crippen molar-refractivity contribution < 1.29 is 19.8 Å². The van der Waals surface area contributed by atoms with Crippen LogP contribution in [0.25, 0.3) is 21.3 Å². The summed E-state index contributed by atoms with van der Waals surface area (Å²) in [7, 11) is -1.93. The molecule has 4 heterocycles. The van der Waals surface area contributed by atoms with Crippen molar-refractivity contribution in [3.63, 3.8) is 0 Å². The number of rotatable bonds is 6. The molecular formula is C47H42N4OsP2+2. The summed E-state index contributed by atoms with van der Waals surface area (Å²) < 4.78 is 0. The molecule has 7 heteroatoms. The minimum atomic E-state index is -0.964. The van der Waals surface area contributed by atoms with Crippen molar-refractivity contribution in [1.82, 2.24) is 0 Å². The fourth-order valence-corrected chi connectivity index (χ4v) is 10.6. The van der Waals surface area contributed by atoms with Crippen LogP contribution < -0.4 is 21.2 Å². The van der Waals surface area contributed by atoms with Gasteiger partial charge in [0.05, 0.1) is 15.8 Å². The van der Waals surface area contributed by atoms with Gasteiger partial charge in [-0.1, -0.05) is 145 Å². The van der Waals surface area contributed by atoms with Gasteiger partial charge in [0.1, 0.15) is 32.9 Å². The molecule has 4 aromatic rings. The van der Waals surface area contributed by atoms with Crippen molar-refractivity contribution in [2.24, 2.45) is 0 Å². The standard InChI is InChI=1S/C26H22P2.C11H10N2.C10H8N2.Os/c1-5-13-23(14-6-1)27(24-15-7-2-8-16-24)21-22-28(25-17-9-3-10-18-25)26-19-11-4-12-20-26;1-9-5-7-13-11(8-9)10-4-2-3-6-12-10;1-3-7-11-9(5-1)10-6-2-4-8-12-10;/h1-22H;2-8H,1H3;1-8H;/q;2*-2;+4/p+2. The van der Waals surface area contributed by atoms with Crippen molar-refractivity contribution >= 4 is 37.1 Å². The number of nitrogens with zero attached hydrogens (tertiary/aromatic N) is 4. The molecule has 0 spiro atoms. The Morgan fingerprint density at radius 2 is 0.685 bits per heavy atom.